The molecule has 19 heavy (non-hydrogen) atoms. The maximum absolute atomic E-state index is 12.5. The van der Waals surface area contributed by atoms with Crippen LogP contribution in [-0.2, 0) is 0 Å². The number of carbonyl (C=O) groups is 1. The molecule has 1 amide bonds. The van der Waals surface area contributed by atoms with Crippen molar-refractivity contribution < 1.29 is 4.79 Å². The molecule has 1 saturated carbocycles. The van der Waals surface area contributed by atoms with Crippen molar-refractivity contribution in [3.63, 3.8) is 0 Å². The quantitative estimate of drug-likeness (QED) is 0.842. The highest BCUT2D eigenvalue weighted by molar-refractivity contribution is 6.31. The van der Waals surface area contributed by atoms with Crippen LogP contribution in [0.2, 0.25) is 5.02 Å². The number of hydrogen-bond acceptors (Lipinski definition) is 2. The Morgan fingerprint density at radius 1 is 1.42 bits per heavy atom. The van der Waals surface area contributed by atoms with Crippen LogP contribution in [0.3, 0.4) is 0 Å². The number of benzene rings is 1. The van der Waals surface area contributed by atoms with Gasteiger partial charge >= 0.3 is 0 Å². The fraction of sp³-hybridized carbons (Fsp3) is 0.533. The van der Waals surface area contributed by atoms with Crippen molar-refractivity contribution in [2.45, 2.75) is 38.6 Å². The van der Waals surface area contributed by atoms with Crippen LogP contribution in [0.4, 0.5) is 5.69 Å². The van der Waals surface area contributed by atoms with Crippen molar-refractivity contribution in [3.05, 3.63) is 28.8 Å². The van der Waals surface area contributed by atoms with Crippen molar-refractivity contribution >= 4 is 23.2 Å². The number of rotatable bonds is 2. The van der Waals surface area contributed by atoms with Crippen LogP contribution in [0.25, 0.3) is 0 Å². The Hall–Kier alpha value is -1.22. The average Bonchev–Trinajstić information content (AvgIpc) is 2.40. The Balaban J connectivity index is 2.16. The third-order valence-corrected chi connectivity index (χ3v) is 4.26. The number of hydrogen-bond donors (Lipinski definition) is 1. The van der Waals surface area contributed by atoms with E-state index in [9.17, 15) is 4.79 Å². The van der Waals surface area contributed by atoms with Crippen LogP contribution in [0.15, 0.2) is 18.2 Å². The lowest BCUT2D eigenvalue weighted by molar-refractivity contribution is 0.0673. The van der Waals surface area contributed by atoms with Gasteiger partial charge in [0.05, 0.1) is 5.56 Å². The monoisotopic (exact) mass is 280 g/mol. The molecule has 1 aromatic rings. The van der Waals surface area contributed by atoms with Crippen LogP contribution in [-0.4, -0.2) is 23.9 Å². The van der Waals surface area contributed by atoms with Gasteiger partial charge in [-0.3, -0.25) is 4.79 Å². The van der Waals surface area contributed by atoms with Gasteiger partial charge in [-0.1, -0.05) is 31.4 Å². The van der Waals surface area contributed by atoms with Crippen LogP contribution in [0.1, 0.15) is 43.0 Å². The molecule has 1 aliphatic rings. The second kappa shape index (κ2) is 5.83. The van der Waals surface area contributed by atoms with Gasteiger partial charge < -0.3 is 10.6 Å². The minimum Gasteiger partial charge on any atom is -0.398 e. The summed E-state index contributed by atoms with van der Waals surface area (Å²) in [4.78, 5) is 14.3. The molecule has 0 radical (unpaired) electrons. The highest BCUT2D eigenvalue weighted by atomic mass is 35.5. The largest absolute Gasteiger partial charge is 0.398 e. The summed E-state index contributed by atoms with van der Waals surface area (Å²) in [5.41, 5.74) is 6.88. The van der Waals surface area contributed by atoms with Crippen molar-refractivity contribution in [1.29, 1.82) is 0 Å². The predicted octanol–water partition coefficient (Wildman–Crippen LogP) is 3.57. The molecule has 4 heteroatoms. The van der Waals surface area contributed by atoms with Gasteiger partial charge in [0, 0.05) is 23.8 Å². The van der Waals surface area contributed by atoms with E-state index in [1.807, 2.05) is 11.9 Å². The molecule has 1 aromatic carbocycles. The molecule has 0 bridgehead atoms. The first-order valence-electron chi connectivity index (χ1n) is 6.81. The van der Waals surface area contributed by atoms with Gasteiger partial charge in [0.1, 0.15) is 0 Å². The molecule has 0 aromatic heterocycles. The smallest absolute Gasteiger partial charge is 0.255 e. The molecule has 0 saturated heterocycles. The van der Waals surface area contributed by atoms with E-state index in [2.05, 4.69) is 6.92 Å². The summed E-state index contributed by atoms with van der Waals surface area (Å²) >= 11 is 5.95. The van der Waals surface area contributed by atoms with E-state index in [4.69, 9.17) is 17.3 Å². The number of anilines is 1. The average molecular weight is 281 g/mol. The first kappa shape index (κ1) is 14.2. The summed E-state index contributed by atoms with van der Waals surface area (Å²) in [6, 6.07) is 5.36. The van der Waals surface area contributed by atoms with Gasteiger partial charge in [0.25, 0.3) is 5.91 Å². The van der Waals surface area contributed by atoms with E-state index >= 15 is 0 Å². The zero-order chi connectivity index (χ0) is 14.0. The maximum atomic E-state index is 12.5. The van der Waals surface area contributed by atoms with Crippen molar-refractivity contribution in [2.24, 2.45) is 5.92 Å². The Kier molecular flexibility index (Phi) is 4.35. The lowest BCUT2D eigenvalue weighted by atomic mass is 9.86. The molecule has 0 spiro atoms. The van der Waals surface area contributed by atoms with E-state index < -0.39 is 0 Å². The molecule has 2 N–H and O–H groups in total. The minimum absolute atomic E-state index is 0.0286. The molecule has 2 rings (SSSR count). The SMILES string of the molecule is CC1CCCC(N(C)C(=O)c2cc(Cl)ccc2N)C1. The number of amides is 1. The fourth-order valence-electron chi connectivity index (χ4n) is 2.82. The molecular formula is C15H21ClN2O. The standard InChI is InChI=1S/C15H21ClN2O/c1-10-4-3-5-12(8-10)18(2)15(19)13-9-11(16)6-7-14(13)17/h6-7,9-10,12H,3-5,8,17H2,1-2H3. The van der Waals surface area contributed by atoms with Crippen molar-refractivity contribution in [1.82, 2.24) is 4.90 Å². The van der Waals surface area contributed by atoms with Crippen molar-refractivity contribution in [2.75, 3.05) is 12.8 Å². The highest BCUT2D eigenvalue weighted by Gasteiger charge is 2.26. The van der Waals surface area contributed by atoms with E-state index in [1.54, 1.807) is 18.2 Å². The number of carbonyl (C=O) groups excluding carboxylic acids is 1. The normalized spacial score (nSPS) is 23.1. The number of nitrogen functional groups attached to an aromatic ring is 1. The lowest BCUT2D eigenvalue weighted by Crippen LogP contribution is -2.40. The van der Waals surface area contributed by atoms with Gasteiger partial charge in [-0.15, -0.1) is 0 Å². The predicted molar refractivity (Wildman–Crippen MR) is 79.4 cm³/mol. The summed E-state index contributed by atoms with van der Waals surface area (Å²) in [5, 5.41) is 0.544. The van der Waals surface area contributed by atoms with Gasteiger partial charge in [0.15, 0.2) is 0 Å². The van der Waals surface area contributed by atoms with E-state index in [-0.39, 0.29) is 5.91 Å². The molecule has 3 nitrogen and oxygen atoms in total. The molecule has 2 atom stereocenters. The van der Waals surface area contributed by atoms with Gasteiger partial charge in [0.2, 0.25) is 0 Å². The van der Waals surface area contributed by atoms with Gasteiger partial charge in [-0.05, 0) is 37.0 Å². The number of halogens is 1. The van der Waals surface area contributed by atoms with E-state index in [0.29, 0.717) is 28.2 Å². The Labute approximate surface area is 119 Å². The van der Waals surface area contributed by atoms with E-state index in [0.717, 1.165) is 12.8 Å². The van der Waals surface area contributed by atoms with Gasteiger partial charge in [-0.25, -0.2) is 0 Å². The van der Waals surface area contributed by atoms with E-state index in [1.165, 1.54) is 12.8 Å². The second-order valence-corrected chi connectivity index (χ2v) is 6.01. The Morgan fingerprint density at radius 2 is 2.16 bits per heavy atom. The molecule has 1 fully saturated rings. The first-order valence-corrected chi connectivity index (χ1v) is 7.19. The maximum Gasteiger partial charge on any atom is 0.255 e. The topological polar surface area (TPSA) is 46.3 Å². The fourth-order valence-corrected chi connectivity index (χ4v) is 3.00. The van der Waals surface area contributed by atoms with Crippen LogP contribution in [0.5, 0.6) is 0 Å². The Bertz CT molecular complexity index is 475. The summed E-state index contributed by atoms with van der Waals surface area (Å²) in [7, 11) is 1.87. The Morgan fingerprint density at radius 3 is 2.84 bits per heavy atom. The number of nitrogens with two attached hydrogens (primary N) is 1. The minimum atomic E-state index is -0.0286. The first-order chi connectivity index (χ1) is 8.99. The van der Waals surface area contributed by atoms with Crippen LogP contribution < -0.4 is 5.73 Å². The zero-order valence-corrected chi connectivity index (χ0v) is 12.3. The van der Waals surface area contributed by atoms with Crippen LogP contribution >= 0.6 is 11.6 Å². The van der Waals surface area contributed by atoms with Crippen LogP contribution in [0, 0.1) is 5.92 Å². The highest BCUT2D eigenvalue weighted by Crippen LogP contribution is 2.28. The molecule has 0 aliphatic heterocycles. The molecular weight excluding hydrogens is 260 g/mol. The third-order valence-electron chi connectivity index (χ3n) is 4.02. The zero-order valence-electron chi connectivity index (χ0n) is 11.5. The number of nitrogens with zero attached hydrogens (tertiary/aromatic N) is 1. The summed E-state index contributed by atoms with van der Waals surface area (Å²) in [6.45, 7) is 2.25. The summed E-state index contributed by atoms with van der Waals surface area (Å²) in [5.74, 6) is 0.657. The summed E-state index contributed by atoms with van der Waals surface area (Å²) < 4.78 is 0. The second-order valence-electron chi connectivity index (χ2n) is 5.57. The molecule has 1 aliphatic carbocycles. The summed E-state index contributed by atoms with van der Waals surface area (Å²) in [6.07, 6.45) is 4.60. The molecule has 2 unspecified atom stereocenters. The molecule has 0 heterocycles. The van der Waals surface area contributed by atoms with Crippen molar-refractivity contribution in [3.8, 4) is 0 Å². The van der Waals surface area contributed by atoms with Gasteiger partial charge in [-0.2, -0.15) is 0 Å². The third kappa shape index (κ3) is 3.21. The lowest BCUT2D eigenvalue weighted by Gasteiger charge is -2.34. The molecule has 104 valence electrons.